The number of aromatic nitrogens is 2. The quantitative estimate of drug-likeness (QED) is 0.507. The molecule has 1 rings (SSSR count). The maximum absolute atomic E-state index is 5.45. The molecule has 0 amide bonds. The molecule has 0 aromatic carbocycles. The Hall–Kier alpha value is -1.36. The van der Waals surface area contributed by atoms with Crippen LogP contribution in [0.4, 0.5) is 11.6 Å². The van der Waals surface area contributed by atoms with Crippen molar-refractivity contribution in [3.63, 3.8) is 0 Å². The second kappa shape index (κ2) is 6.27. The Bertz CT molecular complexity index is 337. The first-order valence-electron chi connectivity index (χ1n) is 5.80. The topological polar surface area (TPSA) is 75.9 Å². The number of nitrogens with zero attached hydrogens (tertiary/aromatic N) is 2. The summed E-state index contributed by atoms with van der Waals surface area (Å²) in [5.41, 5.74) is 3.59. The van der Waals surface area contributed by atoms with E-state index < -0.39 is 0 Å². The molecule has 90 valence electrons. The number of nitrogen functional groups attached to an aromatic ring is 1. The van der Waals surface area contributed by atoms with Crippen LogP contribution in [0.2, 0.25) is 0 Å². The summed E-state index contributed by atoms with van der Waals surface area (Å²) >= 11 is 0. The van der Waals surface area contributed by atoms with E-state index in [1.54, 1.807) is 0 Å². The van der Waals surface area contributed by atoms with Gasteiger partial charge in [0.05, 0.1) is 0 Å². The number of rotatable bonds is 6. The Kier molecular flexibility index (Phi) is 4.98. The van der Waals surface area contributed by atoms with Crippen molar-refractivity contribution in [2.75, 3.05) is 17.3 Å². The maximum atomic E-state index is 5.45. The highest BCUT2D eigenvalue weighted by molar-refractivity contribution is 5.56. The van der Waals surface area contributed by atoms with Crippen molar-refractivity contribution in [3.8, 4) is 0 Å². The van der Waals surface area contributed by atoms with E-state index in [0.717, 1.165) is 43.0 Å². The van der Waals surface area contributed by atoms with E-state index in [4.69, 9.17) is 5.84 Å². The third kappa shape index (κ3) is 3.06. The zero-order chi connectivity index (χ0) is 12.0. The SMILES string of the molecule is CCCNc1nc(CCC)nc(NN)c1C. The van der Waals surface area contributed by atoms with Crippen LogP contribution in [0.25, 0.3) is 0 Å². The van der Waals surface area contributed by atoms with E-state index in [1.807, 2.05) is 6.92 Å². The van der Waals surface area contributed by atoms with Crippen molar-refractivity contribution in [1.82, 2.24) is 9.97 Å². The van der Waals surface area contributed by atoms with Crippen LogP contribution in [0.15, 0.2) is 0 Å². The van der Waals surface area contributed by atoms with Gasteiger partial charge >= 0.3 is 0 Å². The van der Waals surface area contributed by atoms with Crippen LogP contribution < -0.4 is 16.6 Å². The first-order chi connectivity index (χ1) is 7.72. The second-order valence-electron chi connectivity index (χ2n) is 3.78. The molecule has 1 heterocycles. The van der Waals surface area contributed by atoms with Crippen LogP contribution in [0.3, 0.4) is 0 Å². The first kappa shape index (κ1) is 12.7. The van der Waals surface area contributed by atoms with Gasteiger partial charge in [0.1, 0.15) is 17.5 Å². The number of anilines is 2. The highest BCUT2D eigenvalue weighted by atomic mass is 15.3. The van der Waals surface area contributed by atoms with Crippen molar-refractivity contribution < 1.29 is 0 Å². The number of nitrogens with two attached hydrogens (primary N) is 1. The van der Waals surface area contributed by atoms with Crippen molar-refractivity contribution in [1.29, 1.82) is 0 Å². The molecule has 0 saturated heterocycles. The summed E-state index contributed by atoms with van der Waals surface area (Å²) in [6.07, 6.45) is 2.97. The van der Waals surface area contributed by atoms with Gasteiger partial charge in [0.25, 0.3) is 0 Å². The molecule has 4 N–H and O–H groups in total. The lowest BCUT2D eigenvalue weighted by molar-refractivity contribution is 0.828. The smallest absolute Gasteiger partial charge is 0.148 e. The van der Waals surface area contributed by atoms with Crippen LogP contribution in [0, 0.1) is 6.92 Å². The highest BCUT2D eigenvalue weighted by Crippen LogP contribution is 2.19. The Balaban J connectivity index is 2.98. The standard InChI is InChI=1S/C11H21N5/c1-4-6-9-14-10(13-7-5-2)8(3)11(15-9)16-12/h4-7,12H2,1-3H3,(H2,13,14,15,16). The lowest BCUT2D eigenvalue weighted by atomic mass is 10.2. The molecule has 1 aromatic rings. The van der Waals surface area contributed by atoms with Gasteiger partial charge in [-0.1, -0.05) is 13.8 Å². The fourth-order valence-corrected chi connectivity index (χ4v) is 1.45. The molecule has 0 atom stereocenters. The Morgan fingerprint density at radius 3 is 2.38 bits per heavy atom. The van der Waals surface area contributed by atoms with Crippen LogP contribution in [-0.4, -0.2) is 16.5 Å². The van der Waals surface area contributed by atoms with Crippen molar-refractivity contribution in [2.45, 2.75) is 40.0 Å². The van der Waals surface area contributed by atoms with Gasteiger partial charge in [-0.15, -0.1) is 0 Å². The molecule has 0 aliphatic carbocycles. The molecular weight excluding hydrogens is 202 g/mol. The van der Waals surface area contributed by atoms with Crippen molar-refractivity contribution in [3.05, 3.63) is 11.4 Å². The van der Waals surface area contributed by atoms with Crippen LogP contribution in [-0.2, 0) is 6.42 Å². The lowest BCUT2D eigenvalue weighted by Gasteiger charge is -2.12. The van der Waals surface area contributed by atoms with Crippen LogP contribution in [0.5, 0.6) is 0 Å². The largest absolute Gasteiger partial charge is 0.370 e. The molecule has 0 bridgehead atoms. The van der Waals surface area contributed by atoms with E-state index in [0.29, 0.717) is 5.82 Å². The van der Waals surface area contributed by atoms with Crippen LogP contribution in [0.1, 0.15) is 38.1 Å². The molecule has 0 radical (unpaired) electrons. The van der Waals surface area contributed by atoms with Gasteiger partial charge < -0.3 is 10.7 Å². The minimum Gasteiger partial charge on any atom is -0.370 e. The third-order valence-electron chi connectivity index (χ3n) is 2.34. The van der Waals surface area contributed by atoms with E-state index in [2.05, 4.69) is 34.6 Å². The molecule has 0 fully saturated rings. The van der Waals surface area contributed by atoms with E-state index >= 15 is 0 Å². The van der Waals surface area contributed by atoms with Crippen molar-refractivity contribution >= 4 is 11.6 Å². The average Bonchev–Trinajstić information content (AvgIpc) is 2.29. The van der Waals surface area contributed by atoms with Crippen LogP contribution >= 0.6 is 0 Å². The van der Waals surface area contributed by atoms with Gasteiger partial charge in [0, 0.05) is 18.5 Å². The lowest BCUT2D eigenvalue weighted by Crippen LogP contribution is -2.15. The summed E-state index contributed by atoms with van der Waals surface area (Å²) in [6, 6.07) is 0. The summed E-state index contributed by atoms with van der Waals surface area (Å²) in [4.78, 5) is 8.85. The predicted octanol–water partition coefficient (Wildman–Crippen LogP) is 1.85. The zero-order valence-electron chi connectivity index (χ0n) is 10.3. The third-order valence-corrected chi connectivity index (χ3v) is 2.34. The molecule has 16 heavy (non-hydrogen) atoms. The van der Waals surface area contributed by atoms with E-state index in [-0.39, 0.29) is 0 Å². The Morgan fingerprint density at radius 1 is 1.12 bits per heavy atom. The highest BCUT2D eigenvalue weighted by Gasteiger charge is 2.08. The molecule has 0 unspecified atom stereocenters. The maximum Gasteiger partial charge on any atom is 0.148 e. The molecule has 0 aliphatic rings. The van der Waals surface area contributed by atoms with Gasteiger partial charge in [-0.3, -0.25) is 0 Å². The monoisotopic (exact) mass is 223 g/mol. The molecule has 0 spiro atoms. The van der Waals surface area contributed by atoms with E-state index in [1.165, 1.54) is 0 Å². The van der Waals surface area contributed by atoms with Gasteiger partial charge in [-0.05, 0) is 19.8 Å². The minimum atomic E-state index is 0.706. The predicted molar refractivity (Wildman–Crippen MR) is 67.4 cm³/mol. The second-order valence-corrected chi connectivity index (χ2v) is 3.78. The minimum absolute atomic E-state index is 0.706. The first-order valence-corrected chi connectivity index (χ1v) is 5.80. The van der Waals surface area contributed by atoms with Gasteiger partial charge in [0.2, 0.25) is 0 Å². The molecule has 5 heteroatoms. The molecular formula is C11H21N5. The summed E-state index contributed by atoms with van der Waals surface area (Å²) in [5, 5.41) is 3.29. The molecule has 0 aliphatic heterocycles. The Morgan fingerprint density at radius 2 is 1.81 bits per heavy atom. The van der Waals surface area contributed by atoms with Gasteiger partial charge in [-0.2, -0.15) is 0 Å². The number of hydrazine groups is 1. The van der Waals surface area contributed by atoms with Gasteiger partial charge in [-0.25, -0.2) is 15.8 Å². The fraction of sp³-hybridized carbons (Fsp3) is 0.636. The number of aryl methyl sites for hydroxylation is 1. The number of hydrogen-bond donors (Lipinski definition) is 3. The zero-order valence-corrected chi connectivity index (χ0v) is 10.3. The summed E-state index contributed by atoms with van der Waals surface area (Å²) in [5.74, 6) is 7.87. The molecule has 1 aromatic heterocycles. The summed E-state index contributed by atoms with van der Waals surface area (Å²) in [7, 11) is 0. The fourth-order valence-electron chi connectivity index (χ4n) is 1.45. The number of hydrogen-bond acceptors (Lipinski definition) is 5. The molecule has 0 saturated carbocycles. The summed E-state index contributed by atoms with van der Waals surface area (Å²) in [6.45, 7) is 7.10. The normalized spacial score (nSPS) is 10.2. The van der Waals surface area contributed by atoms with Crippen molar-refractivity contribution in [2.24, 2.45) is 5.84 Å². The average molecular weight is 223 g/mol. The number of nitrogens with one attached hydrogen (secondary N) is 2. The molecule has 5 nitrogen and oxygen atoms in total. The van der Waals surface area contributed by atoms with E-state index in [9.17, 15) is 0 Å². The van der Waals surface area contributed by atoms with Gasteiger partial charge in [0.15, 0.2) is 0 Å². The Labute approximate surface area is 96.8 Å². The summed E-state index contributed by atoms with van der Waals surface area (Å²) < 4.78 is 0.